The summed E-state index contributed by atoms with van der Waals surface area (Å²) in [5.74, 6) is 0.262. The lowest BCUT2D eigenvalue weighted by atomic mass is 10.0. The van der Waals surface area contributed by atoms with Crippen molar-refractivity contribution < 1.29 is 14.3 Å². The minimum Gasteiger partial charge on any atom is -0.496 e. The molecule has 0 aliphatic carbocycles. The maximum atomic E-state index is 12.5. The van der Waals surface area contributed by atoms with Crippen molar-refractivity contribution in [2.75, 3.05) is 24.4 Å². The summed E-state index contributed by atoms with van der Waals surface area (Å²) in [4.78, 5) is 25.9. The second kappa shape index (κ2) is 6.53. The van der Waals surface area contributed by atoms with Crippen LogP contribution in [0.4, 0.5) is 11.4 Å². The van der Waals surface area contributed by atoms with E-state index in [1.54, 1.807) is 36.2 Å². The van der Waals surface area contributed by atoms with Gasteiger partial charge in [-0.1, -0.05) is 11.6 Å². The van der Waals surface area contributed by atoms with Gasteiger partial charge < -0.3 is 15.0 Å². The van der Waals surface area contributed by atoms with Crippen LogP contribution < -0.4 is 15.0 Å². The van der Waals surface area contributed by atoms with Crippen molar-refractivity contribution in [1.82, 2.24) is 0 Å². The Balaban J connectivity index is 1.86. The molecular formula is C18H17ClN2O3. The van der Waals surface area contributed by atoms with E-state index in [-0.39, 0.29) is 11.8 Å². The van der Waals surface area contributed by atoms with Crippen LogP contribution in [0.25, 0.3) is 0 Å². The molecule has 1 aliphatic heterocycles. The van der Waals surface area contributed by atoms with E-state index in [2.05, 4.69) is 5.32 Å². The molecule has 1 heterocycles. The number of amides is 2. The van der Waals surface area contributed by atoms with Crippen LogP contribution in [-0.2, 0) is 11.2 Å². The minimum atomic E-state index is -0.297. The molecule has 0 aromatic heterocycles. The third kappa shape index (κ3) is 3.08. The van der Waals surface area contributed by atoms with E-state index in [0.29, 0.717) is 34.9 Å². The lowest BCUT2D eigenvalue weighted by Crippen LogP contribution is -2.31. The van der Waals surface area contributed by atoms with Crippen molar-refractivity contribution in [3.8, 4) is 5.75 Å². The molecule has 0 saturated heterocycles. The quantitative estimate of drug-likeness (QED) is 0.927. The van der Waals surface area contributed by atoms with Crippen LogP contribution in [0.1, 0.15) is 22.3 Å². The van der Waals surface area contributed by atoms with Gasteiger partial charge in [-0.05, 0) is 48.4 Å². The maximum Gasteiger partial charge on any atom is 0.259 e. The van der Waals surface area contributed by atoms with Gasteiger partial charge in [0.1, 0.15) is 5.75 Å². The summed E-state index contributed by atoms with van der Waals surface area (Å²) in [6.07, 6.45) is 1.14. The predicted molar refractivity (Wildman–Crippen MR) is 94.1 cm³/mol. The number of halogens is 1. The summed E-state index contributed by atoms with van der Waals surface area (Å²) >= 11 is 5.97. The summed E-state index contributed by atoms with van der Waals surface area (Å²) in [7, 11) is 3.27. The van der Waals surface area contributed by atoms with E-state index in [9.17, 15) is 9.59 Å². The van der Waals surface area contributed by atoms with E-state index >= 15 is 0 Å². The van der Waals surface area contributed by atoms with E-state index in [4.69, 9.17) is 16.3 Å². The molecule has 0 spiro atoms. The van der Waals surface area contributed by atoms with Crippen LogP contribution in [-0.4, -0.2) is 26.0 Å². The van der Waals surface area contributed by atoms with Gasteiger partial charge in [-0.3, -0.25) is 9.59 Å². The van der Waals surface area contributed by atoms with Crippen molar-refractivity contribution in [3.63, 3.8) is 0 Å². The second-order valence-corrected chi connectivity index (χ2v) is 6.03. The van der Waals surface area contributed by atoms with Gasteiger partial charge in [0.05, 0.1) is 12.7 Å². The molecule has 3 rings (SSSR count). The molecule has 0 saturated carbocycles. The Morgan fingerprint density at radius 3 is 2.75 bits per heavy atom. The fourth-order valence-corrected chi connectivity index (χ4v) is 2.96. The highest BCUT2D eigenvalue weighted by Gasteiger charge is 2.21. The van der Waals surface area contributed by atoms with Crippen molar-refractivity contribution in [1.29, 1.82) is 0 Å². The Hall–Kier alpha value is -2.53. The first kappa shape index (κ1) is 16.3. The van der Waals surface area contributed by atoms with Gasteiger partial charge in [-0.25, -0.2) is 0 Å². The summed E-state index contributed by atoms with van der Waals surface area (Å²) in [5, 5.41) is 3.32. The van der Waals surface area contributed by atoms with Crippen LogP contribution in [0.5, 0.6) is 5.75 Å². The lowest BCUT2D eigenvalue weighted by Gasteiger charge is -2.26. The largest absolute Gasteiger partial charge is 0.496 e. The number of anilines is 2. The SMILES string of the molecule is COc1ccc(Cl)cc1C(=O)Nc1ccc2c(c1)CCC(=O)N2C. The van der Waals surface area contributed by atoms with Crippen LogP contribution in [0.2, 0.25) is 5.02 Å². The number of rotatable bonds is 3. The van der Waals surface area contributed by atoms with Crippen LogP contribution >= 0.6 is 11.6 Å². The van der Waals surface area contributed by atoms with Gasteiger partial charge in [0, 0.05) is 29.9 Å². The zero-order valence-corrected chi connectivity index (χ0v) is 14.2. The van der Waals surface area contributed by atoms with Crippen molar-refractivity contribution in [3.05, 3.63) is 52.5 Å². The first-order valence-electron chi connectivity index (χ1n) is 7.54. The Bertz CT molecular complexity index is 820. The molecule has 5 nitrogen and oxygen atoms in total. The number of methoxy groups -OCH3 is 1. The normalized spacial score (nSPS) is 13.5. The standard InChI is InChI=1S/C18H17ClN2O3/c1-21-15-6-5-13(9-11(15)3-8-17(21)22)20-18(23)14-10-12(19)4-7-16(14)24-2/h4-7,9-10H,3,8H2,1-2H3,(H,20,23). The number of fused-ring (bicyclic) bond motifs is 1. The lowest BCUT2D eigenvalue weighted by molar-refractivity contribution is -0.118. The van der Waals surface area contributed by atoms with Crippen LogP contribution in [0.3, 0.4) is 0 Å². The van der Waals surface area contributed by atoms with Gasteiger partial charge in [-0.2, -0.15) is 0 Å². The molecule has 2 amide bonds. The molecule has 2 aromatic carbocycles. The maximum absolute atomic E-state index is 12.5. The third-order valence-electron chi connectivity index (χ3n) is 4.09. The van der Waals surface area contributed by atoms with Gasteiger partial charge in [0.25, 0.3) is 5.91 Å². The number of hydrogen-bond acceptors (Lipinski definition) is 3. The topological polar surface area (TPSA) is 58.6 Å². The van der Waals surface area contributed by atoms with Gasteiger partial charge >= 0.3 is 0 Å². The fourth-order valence-electron chi connectivity index (χ4n) is 2.79. The molecule has 0 bridgehead atoms. The van der Waals surface area contributed by atoms with Gasteiger partial charge in [0.2, 0.25) is 5.91 Å². The summed E-state index contributed by atoms with van der Waals surface area (Å²) in [6.45, 7) is 0. The number of carbonyl (C=O) groups is 2. The highest BCUT2D eigenvalue weighted by molar-refractivity contribution is 6.31. The summed E-state index contributed by atoms with van der Waals surface area (Å²) in [6, 6.07) is 10.4. The number of nitrogens with zero attached hydrogens (tertiary/aromatic N) is 1. The molecule has 0 fully saturated rings. The third-order valence-corrected chi connectivity index (χ3v) is 4.32. The Labute approximate surface area is 145 Å². The molecule has 0 atom stereocenters. The predicted octanol–water partition coefficient (Wildman–Crippen LogP) is 3.51. The Kier molecular flexibility index (Phi) is 4.44. The molecule has 2 aromatic rings. The Morgan fingerprint density at radius 1 is 1.21 bits per heavy atom. The molecule has 0 radical (unpaired) electrons. The molecule has 1 N–H and O–H groups in total. The van der Waals surface area contributed by atoms with Crippen molar-refractivity contribution in [2.45, 2.75) is 12.8 Å². The van der Waals surface area contributed by atoms with Gasteiger partial charge in [-0.15, -0.1) is 0 Å². The molecule has 24 heavy (non-hydrogen) atoms. The summed E-state index contributed by atoms with van der Waals surface area (Å²) in [5.41, 5.74) is 2.95. The zero-order chi connectivity index (χ0) is 17.3. The average Bonchev–Trinajstić information content (AvgIpc) is 2.58. The number of benzene rings is 2. The van der Waals surface area contributed by atoms with Gasteiger partial charge in [0.15, 0.2) is 0 Å². The van der Waals surface area contributed by atoms with Crippen molar-refractivity contribution >= 4 is 34.8 Å². The average molecular weight is 345 g/mol. The highest BCUT2D eigenvalue weighted by Crippen LogP contribution is 2.30. The number of hydrogen-bond donors (Lipinski definition) is 1. The molecule has 1 aliphatic rings. The minimum absolute atomic E-state index is 0.1000. The smallest absolute Gasteiger partial charge is 0.259 e. The van der Waals surface area contributed by atoms with E-state index in [1.807, 2.05) is 12.1 Å². The zero-order valence-electron chi connectivity index (χ0n) is 13.4. The van der Waals surface area contributed by atoms with E-state index in [0.717, 1.165) is 11.3 Å². The Morgan fingerprint density at radius 2 is 2.00 bits per heavy atom. The van der Waals surface area contributed by atoms with Crippen molar-refractivity contribution in [2.24, 2.45) is 0 Å². The molecular weight excluding hydrogens is 328 g/mol. The first-order valence-corrected chi connectivity index (χ1v) is 7.92. The van der Waals surface area contributed by atoms with E-state index in [1.165, 1.54) is 7.11 Å². The van der Waals surface area contributed by atoms with Crippen LogP contribution in [0.15, 0.2) is 36.4 Å². The van der Waals surface area contributed by atoms with E-state index < -0.39 is 0 Å². The monoisotopic (exact) mass is 344 g/mol. The molecule has 124 valence electrons. The fraction of sp³-hybridized carbons (Fsp3) is 0.222. The molecule has 0 unspecified atom stereocenters. The van der Waals surface area contributed by atoms with Crippen LogP contribution in [0, 0.1) is 0 Å². The molecule has 6 heteroatoms. The highest BCUT2D eigenvalue weighted by atomic mass is 35.5. The second-order valence-electron chi connectivity index (χ2n) is 5.59. The number of aryl methyl sites for hydroxylation is 1. The summed E-state index contributed by atoms with van der Waals surface area (Å²) < 4.78 is 5.21. The number of nitrogens with one attached hydrogen (secondary N) is 1. The number of ether oxygens (including phenoxy) is 1. The first-order chi connectivity index (χ1) is 11.5. The number of carbonyl (C=O) groups excluding carboxylic acids is 2.